The molecule has 1 aromatic rings. The minimum atomic E-state index is -0.424. The van der Waals surface area contributed by atoms with Crippen molar-refractivity contribution in [1.82, 2.24) is 0 Å². The summed E-state index contributed by atoms with van der Waals surface area (Å²) < 4.78 is 4.68. The second-order valence-corrected chi connectivity index (χ2v) is 5.59. The lowest BCUT2D eigenvalue weighted by molar-refractivity contribution is -0.120. The number of nitrogens with two attached hydrogens (primary N) is 1. The molecule has 19 heavy (non-hydrogen) atoms. The molecule has 0 aromatic carbocycles. The van der Waals surface area contributed by atoms with Crippen LogP contribution in [0.3, 0.4) is 0 Å². The summed E-state index contributed by atoms with van der Waals surface area (Å²) >= 11 is 1.26. The van der Waals surface area contributed by atoms with E-state index in [1.54, 1.807) is 11.4 Å². The standard InChI is InChI=1S/C13H18N2O3S/c1-18-13(17)11-10(5-6-19-11)15-12(16)9-4-2-3-8(9)7-14/h5-6,8-9H,2-4,7,14H2,1H3,(H,15,16). The second kappa shape index (κ2) is 6.16. The molecule has 0 radical (unpaired) electrons. The zero-order valence-electron chi connectivity index (χ0n) is 10.8. The highest BCUT2D eigenvalue weighted by Crippen LogP contribution is 2.32. The van der Waals surface area contributed by atoms with Gasteiger partial charge in [-0.15, -0.1) is 11.3 Å². The first-order chi connectivity index (χ1) is 9.17. The van der Waals surface area contributed by atoms with Crippen LogP contribution in [0.25, 0.3) is 0 Å². The molecule has 1 aliphatic rings. The zero-order chi connectivity index (χ0) is 13.8. The Bertz CT molecular complexity index is 472. The molecule has 6 heteroatoms. The Morgan fingerprint density at radius 1 is 1.53 bits per heavy atom. The summed E-state index contributed by atoms with van der Waals surface area (Å²) in [7, 11) is 1.33. The van der Waals surface area contributed by atoms with Gasteiger partial charge in [0.1, 0.15) is 4.88 Å². The van der Waals surface area contributed by atoms with E-state index in [2.05, 4.69) is 10.1 Å². The Balaban J connectivity index is 2.07. The minimum absolute atomic E-state index is 0.0449. The fourth-order valence-corrected chi connectivity index (χ4v) is 3.31. The summed E-state index contributed by atoms with van der Waals surface area (Å²) in [6.07, 6.45) is 2.90. The van der Waals surface area contributed by atoms with Crippen molar-refractivity contribution < 1.29 is 14.3 Å². The van der Waals surface area contributed by atoms with Gasteiger partial charge in [-0.25, -0.2) is 4.79 Å². The Kier molecular flexibility index (Phi) is 4.55. The Morgan fingerprint density at radius 2 is 2.32 bits per heavy atom. The molecule has 5 nitrogen and oxygen atoms in total. The fourth-order valence-electron chi connectivity index (χ4n) is 2.55. The van der Waals surface area contributed by atoms with Crippen LogP contribution in [0.15, 0.2) is 11.4 Å². The summed E-state index contributed by atoms with van der Waals surface area (Å²) in [5, 5.41) is 4.59. The van der Waals surface area contributed by atoms with E-state index in [1.165, 1.54) is 18.4 Å². The normalized spacial score (nSPS) is 22.2. The lowest BCUT2D eigenvalue weighted by Gasteiger charge is -2.17. The SMILES string of the molecule is COC(=O)c1sccc1NC(=O)C1CCCC1CN. The average Bonchev–Trinajstić information content (AvgIpc) is 3.05. The number of rotatable bonds is 4. The van der Waals surface area contributed by atoms with Crippen LogP contribution < -0.4 is 11.1 Å². The highest BCUT2D eigenvalue weighted by atomic mass is 32.1. The molecular formula is C13H18N2O3S. The average molecular weight is 282 g/mol. The molecule has 0 bridgehead atoms. The van der Waals surface area contributed by atoms with Crippen LogP contribution in [-0.2, 0) is 9.53 Å². The van der Waals surface area contributed by atoms with E-state index in [-0.39, 0.29) is 17.7 Å². The van der Waals surface area contributed by atoms with Crippen LogP contribution in [-0.4, -0.2) is 25.5 Å². The first-order valence-electron chi connectivity index (χ1n) is 6.34. The monoisotopic (exact) mass is 282 g/mol. The van der Waals surface area contributed by atoms with Crippen LogP contribution in [0, 0.1) is 11.8 Å². The molecule has 1 amide bonds. The number of esters is 1. The lowest BCUT2D eigenvalue weighted by atomic mass is 9.95. The summed E-state index contributed by atoms with van der Waals surface area (Å²) in [6, 6.07) is 1.72. The van der Waals surface area contributed by atoms with Gasteiger partial charge in [-0.1, -0.05) is 6.42 Å². The van der Waals surface area contributed by atoms with Crippen LogP contribution in [0.5, 0.6) is 0 Å². The molecule has 0 saturated heterocycles. The molecule has 1 aliphatic carbocycles. The number of nitrogens with one attached hydrogen (secondary N) is 1. The lowest BCUT2D eigenvalue weighted by Crippen LogP contribution is -2.30. The van der Waals surface area contributed by atoms with Gasteiger partial charge in [-0.05, 0) is 36.8 Å². The molecule has 2 rings (SSSR count). The summed E-state index contributed by atoms with van der Waals surface area (Å²) in [6.45, 7) is 0.533. The predicted molar refractivity (Wildman–Crippen MR) is 74.2 cm³/mol. The Morgan fingerprint density at radius 3 is 3.00 bits per heavy atom. The summed E-state index contributed by atoms with van der Waals surface area (Å²) in [5.74, 6) is -0.265. The van der Waals surface area contributed by atoms with Gasteiger partial charge in [0.05, 0.1) is 12.8 Å². The van der Waals surface area contributed by atoms with E-state index in [0.717, 1.165) is 19.3 Å². The van der Waals surface area contributed by atoms with Gasteiger partial charge in [0.2, 0.25) is 5.91 Å². The van der Waals surface area contributed by atoms with Crippen molar-refractivity contribution in [3.63, 3.8) is 0 Å². The molecule has 2 atom stereocenters. The third-order valence-electron chi connectivity index (χ3n) is 3.59. The maximum atomic E-state index is 12.2. The third kappa shape index (κ3) is 2.96. The highest BCUT2D eigenvalue weighted by molar-refractivity contribution is 7.12. The smallest absolute Gasteiger partial charge is 0.350 e. The molecule has 1 fully saturated rings. The van der Waals surface area contributed by atoms with E-state index < -0.39 is 5.97 Å². The Hall–Kier alpha value is -1.40. The Labute approximate surface area is 116 Å². The molecule has 104 valence electrons. The topological polar surface area (TPSA) is 81.4 Å². The van der Waals surface area contributed by atoms with E-state index >= 15 is 0 Å². The van der Waals surface area contributed by atoms with E-state index in [1.807, 2.05) is 0 Å². The molecule has 1 saturated carbocycles. The first kappa shape index (κ1) is 14.0. The summed E-state index contributed by atoms with van der Waals surface area (Å²) in [4.78, 5) is 24.2. The minimum Gasteiger partial charge on any atom is -0.465 e. The quantitative estimate of drug-likeness (QED) is 0.826. The number of ether oxygens (including phenoxy) is 1. The predicted octanol–water partition coefficient (Wildman–Crippen LogP) is 1.85. The van der Waals surface area contributed by atoms with Gasteiger partial charge < -0.3 is 15.8 Å². The van der Waals surface area contributed by atoms with Crippen molar-refractivity contribution in [3.8, 4) is 0 Å². The molecule has 1 heterocycles. The van der Waals surface area contributed by atoms with Gasteiger partial charge in [-0.3, -0.25) is 4.79 Å². The van der Waals surface area contributed by atoms with Gasteiger partial charge in [0.25, 0.3) is 0 Å². The maximum Gasteiger partial charge on any atom is 0.350 e. The molecule has 3 N–H and O–H groups in total. The zero-order valence-corrected chi connectivity index (χ0v) is 11.7. The molecule has 1 aromatic heterocycles. The van der Waals surface area contributed by atoms with Crippen molar-refractivity contribution in [2.75, 3.05) is 19.0 Å². The number of methoxy groups -OCH3 is 1. The van der Waals surface area contributed by atoms with Crippen LogP contribution in [0.1, 0.15) is 28.9 Å². The number of hydrogen-bond donors (Lipinski definition) is 2. The van der Waals surface area contributed by atoms with Crippen LogP contribution in [0.2, 0.25) is 0 Å². The van der Waals surface area contributed by atoms with Crippen LogP contribution >= 0.6 is 11.3 Å². The van der Waals surface area contributed by atoms with Crippen molar-refractivity contribution in [3.05, 3.63) is 16.3 Å². The number of thiophene rings is 1. The van der Waals surface area contributed by atoms with E-state index in [4.69, 9.17) is 5.73 Å². The number of hydrogen-bond acceptors (Lipinski definition) is 5. The fraction of sp³-hybridized carbons (Fsp3) is 0.538. The van der Waals surface area contributed by atoms with E-state index in [0.29, 0.717) is 17.1 Å². The van der Waals surface area contributed by atoms with Gasteiger partial charge >= 0.3 is 5.97 Å². The van der Waals surface area contributed by atoms with Crippen molar-refractivity contribution >= 4 is 28.9 Å². The summed E-state index contributed by atoms with van der Waals surface area (Å²) in [5.41, 5.74) is 6.21. The van der Waals surface area contributed by atoms with Gasteiger partial charge in [-0.2, -0.15) is 0 Å². The molecular weight excluding hydrogens is 264 g/mol. The highest BCUT2D eigenvalue weighted by Gasteiger charge is 2.32. The number of amides is 1. The molecule has 0 spiro atoms. The second-order valence-electron chi connectivity index (χ2n) is 4.68. The molecule has 2 unspecified atom stereocenters. The number of carbonyl (C=O) groups excluding carboxylic acids is 2. The van der Waals surface area contributed by atoms with Gasteiger partial charge in [0.15, 0.2) is 0 Å². The van der Waals surface area contributed by atoms with Gasteiger partial charge in [0, 0.05) is 5.92 Å². The first-order valence-corrected chi connectivity index (χ1v) is 7.22. The maximum absolute atomic E-state index is 12.2. The van der Waals surface area contributed by atoms with Crippen molar-refractivity contribution in [2.45, 2.75) is 19.3 Å². The third-order valence-corrected chi connectivity index (χ3v) is 4.49. The van der Waals surface area contributed by atoms with Crippen LogP contribution in [0.4, 0.5) is 5.69 Å². The largest absolute Gasteiger partial charge is 0.465 e. The number of carbonyl (C=O) groups is 2. The molecule has 0 aliphatic heterocycles. The van der Waals surface area contributed by atoms with E-state index in [9.17, 15) is 9.59 Å². The van der Waals surface area contributed by atoms with Crippen molar-refractivity contribution in [1.29, 1.82) is 0 Å². The van der Waals surface area contributed by atoms with Crippen molar-refractivity contribution in [2.24, 2.45) is 17.6 Å². The number of anilines is 1.